The Hall–Kier alpha value is -1.71. The Morgan fingerprint density at radius 1 is 1.62 bits per heavy atom. The lowest BCUT2D eigenvalue weighted by Crippen LogP contribution is -2.01. The first-order valence-corrected chi connectivity index (χ1v) is 5.19. The molecule has 16 heavy (non-hydrogen) atoms. The van der Waals surface area contributed by atoms with Crippen molar-refractivity contribution in [2.24, 2.45) is 0 Å². The summed E-state index contributed by atoms with van der Waals surface area (Å²) >= 11 is 0. The van der Waals surface area contributed by atoms with Gasteiger partial charge >= 0.3 is 5.97 Å². The molecule has 1 aromatic heterocycles. The van der Waals surface area contributed by atoms with Crippen LogP contribution < -0.4 is 0 Å². The molecule has 0 saturated carbocycles. The van der Waals surface area contributed by atoms with Crippen molar-refractivity contribution in [1.29, 1.82) is 0 Å². The average molecular weight is 223 g/mol. The third-order valence-corrected chi connectivity index (χ3v) is 1.91. The maximum atomic E-state index is 13.1. The predicted molar refractivity (Wildman–Crippen MR) is 59.1 cm³/mol. The number of rotatable bonds is 5. The maximum Gasteiger partial charge on any atom is 0.330 e. The van der Waals surface area contributed by atoms with E-state index in [2.05, 4.69) is 4.98 Å². The van der Waals surface area contributed by atoms with Gasteiger partial charge in [0.25, 0.3) is 0 Å². The van der Waals surface area contributed by atoms with Gasteiger partial charge in [-0.05, 0) is 24.6 Å². The van der Waals surface area contributed by atoms with E-state index in [1.54, 1.807) is 0 Å². The van der Waals surface area contributed by atoms with E-state index in [-0.39, 0.29) is 5.69 Å². The highest BCUT2D eigenvalue weighted by atomic mass is 19.1. The first kappa shape index (κ1) is 12.4. The highest BCUT2D eigenvalue weighted by Crippen LogP contribution is 2.04. The normalized spacial score (nSPS) is 10.6. The Kier molecular flexibility index (Phi) is 5.19. The summed E-state index contributed by atoms with van der Waals surface area (Å²) in [7, 11) is 0. The summed E-state index contributed by atoms with van der Waals surface area (Å²) in [5.74, 6) is -0.932. The number of carbonyl (C=O) groups excluding carboxylic acids is 1. The maximum absolute atomic E-state index is 13.1. The van der Waals surface area contributed by atoms with Crippen LogP contribution in [0.3, 0.4) is 0 Å². The van der Waals surface area contributed by atoms with Crippen LogP contribution in [0.2, 0.25) is 0 Å². The second-order valence-electron chi connectivity index (χ2n) is 3.22. The van der Waals surface area contributed by atoms with Crippen LogP contribution in [0, 0.1) is 5.82 Å². The number of carbonyl (C=O) groups is 1. The molecule has 1 aromatic rings. The number of nitrogens with zero attached hydrogens (tertiary/aromatic N) is 1. The molecule has 0 amide bonds. The number of halogens is 1. The second-order valence-corrected chi connectivity index (χ2v) is 3.22. The molecule has 0 atom stereocenters. The molecule has 0 N–H and O–H groups in total. The molecule has 1 heterocycles. The van der Waals surface area contributed by atoms with Crippen LogP contribution in [0.1, 0.15) is 25.5 Å². The standard InChI is InChI=1S/C12H14FNO2/c1-2-3-9-16-12(15)7-6-11-10(13)5-4-8-14-11/h4-8H,2-3,9H2,1H3/b7-6+. The predicted octanol–water partition coefficient (Wildman–Crippen LogP) is 2.58. The third kappa shape index (κ3) is 4.21. The van der Waals surface area contributed by atoms with Crippen LogP contribution in [0.4, 0.5) is 4.39 Å². The molecule has 0 bridgehead atoms. The van der Waals surface area contributed by atoms with Crippen LogP contribution in [-0.2, 0) is 9.53 Å². The van der Waals surface area contributed by atoms with Crippen molar-refractivity contribution >= 4 is 12.0 Å². The molecule has 4 heteroatoms. The third-order valence-electron chi connectivity index (χ3n) is 1.91. The van der Waals surface area contributed by atoms with E-state index in [0.29, 0.717) is 6.61 Å². The Balaban J connectivity index is 2.47. The minimum absolute atomic E-state index is 0.134. The zero-order chi connectivity index (χ0) is 11.8. The lowest BCUT2D eigenvalue weighted by molar-refractivity contribution is -0.137. The largest absolute Gasteiger partial charge is 0.463 e. The van der Waals surface area contributed by atoms with E-state index in [1.807, 2.05) is 6.92 Å². The van der Waals surface area contributed by atoms with Crippen LogP contribution in [0.15, 0.2) is 24.4 Å². The Labute approximate surface area is 94.0 Å². The number of hydrogen-bond acceptors (Lipinski definition) is 3. The molecular weight excluding hydrogens is 209 g/mol. The molecule has 0 spiro atoms. The molecule has 1 rings (SSSR count). The summed E-state index contributed by atoms with van der Waals surface area (Å²) in [5.41, 5.74) is 0.134. The molecule has 0 aliphatic carbocycles. The highest BCUT2D eigenvalue weighted by molar-refractivity contribution is 5.86. The fourth-order valence-electron chi connectivity index (χ4n) is 1.03. The summed E-state index contributed by atoms with van der Waals surface area (Å²) in [6.45, 7) is 2.40. The van der Waals surface area contributed by atoms with Crippen molar-refractivity contribution in [3.05, 3.63) is 35.9 Å². The smallest absolute Gasteiger partial charge is 0.330 e. The topological polar surface area (TPSA) is 39.2 Å². The Morgan fingerprint density at radius 3 is 3.12 bits per heavy atom. The molecule has 0 aliphatic heterocycles. The van der Waals surface area contributed by atoms with Gasteiger partial charge in [-0.3, -0.25) is 4.98 Å². The first-order valence-electron chi connectivity index (χ1n) is 5.19. The van der Waals surface area contributed by atoms with Crippen molar-refractivity contribution in [2.75, 3.05) is 6.61 Å². The van der Waals surface area contributed by atoms with Gasteiger partial charge in [0.05, 0.1) is 12.3 Å². The van der Waals surface area contributed by atoms with E-state index in [4.69, 9.17) is 4.74 Å². The summed E-state index contributed by atoms with van der Waals surface area (Å²) in [6.07, 6.45) is 5.75. The van der Waals surface area contributed by atoms with Gasteiger partial charge in [-0.25, -0.2) is 9.18 Å². The number of hydrogen-bond donors (Lipinski definition) is 0. The molecule has 3 nitrogen and oxygen atoms in total. The fourth-order valence-corrected chi connectivity index (χ4v) is 1.03. The zero-order valence-electron chi connectivity index (χ0n) is 9.15. The van der Waals surface area contributed by atoms with E-state index in [9.17, 15) is 9.18 Å². The molecule has 0 aliphatic rings. The summed E-state index contributed by atoms with van der Waals surface area (Å²) in [6, 6.07) is 2.78. The fraction of sp³-hybridized carbons (Fsp3) is 0.333. The van der Waals surface area contributed by atoms with E-state index in [0.717, 1.165) is 12.8 Å². The van der Waals surface area contributed by atoms with Gasteiger partial charge in [0, 0.05) is 12.3 Å². The van der Waals surface area contributed by atoms with E-state index < -0.39 is 11.8 Å². The van der Waals surface area contributed by atoms with Crippen molar-refractivity contribution in [1.82, 2.24) is 4.98 Å². The number of ether oxygens (including phenoxy) is 1. The Morgan fingerprint density at radius 2 is 2.44 bits per heavy atom. The molecule has 86 valence electrons. The molecule has 0 fully saturated rings. The van der Waals surface area contributed by atoms with Crippen molar-refractivity contribution in [3.8, 4) is 0 Å². The summed E-state index contributed by atoms with van der Waals surface area (Å²) in [5, 5.41) is 0. The van der Waals surface area contributed by atoms with E-state index >= 15 is 0 Å². The minimum atomic E-state index is -0.474. The van der Waals surface area contributed by atoms with Gasteiger partial charge < -0.3 is 4.74 Å². The van der Waals surface area contributed by atoms with Crippen LogP contribution in [-0.4, -0.2) is 17.6 Å². The van der Waals surface area contributed by atoms with Crippen molar-refractivity contribution in [2.45, 2.75) is 19.8 Å². The molecule has 0 aromatic carbocycles. The zero-order valence-corrected chi connectivity index (χ0v) is 9.15. The molecule has 0 unspecified atom stereocenters. The number of esters is 1. The van der Waals surface area contributed by atoms with Gasteiger partial charge in [0.15, 0.2) is 0 Å². The monoisotopic (exact) mass is 223 g/mol. The van der Waals surface area contributed by atoms with Crippen LogP contribution in [0.25, 0.3) is 6.08 Å². The van der Waals surface area contributed by atoms with Gasteiger partial charge in [-0.2, -0.15) is 0 Å². The van der Waals surface area contributed by atoms with Crippen LogP contribution >= 0.6 is 0 Å². The lowest BCUT2D eigenvalue weighted by atomic mass is 10.3. The average Bonchev–Trinajstić information content (AvgIpc) is 2.28. The second kappa shape index (κ2) is 6.71. The summed E-state index contributed by atoms with van der Waals surface area (Å²) < 4.78 is 17.9. The van der Waals surface area contributed by atoms with Gasteiger partial charge in [-0.15, -0.1) is 0 Å². The Bertz CT molecular complexity index is 377. The van der Waals surface area contributed by atoms with Gasteiger partial charge in [0.1, 0.15) is 5.82 Å². The summed E-state index contributed by atoms with van der Waals surface area (Å²) in [4.78, 5) is 14.9. The number of pyridine rings is 1. The number of unbranched alkanes of at least 4 members (excludes halogenated alkanes) is 1. The quantitative estimate of drug-likeness (QED) is 0.437. The lowest BCUT2D eigenvalue weighted by Gasteiger charge is -1.99. The first-order chi connectivity index (χ1) is 7.74. The van der Waals surface area contributed by atoms with Crippen molar-refractivity contribution in [3.63, 3.8) is 0 Å². The SMILES string of the molecule is CCCCOC(=O)/C=C/c1ncccc1F. The van der Waals surface area contributed by atoms with Crippen molar-refractivity contribution < 1.29 is 13.9 Å². The molecule has 0 radical (unpaired) electrons. The van der Waals surface area contributed by atoms with E-state index in [1.165, 1.54) is 30.5 Å². The van der Waals surface area contributed by atoms with Crippen LogP contribution in [0.5, 0.6) is 0 Å². The number of aromatic nitrogens is 1. The molecule has 0 saturated heterocycles. The minimum Gasteiger partial charge on any atom is -0.463 e. The van der Waals surface area contributed by atoms with Gasteiger partial charge in [-0.1, -0.05) is 13.3 Å². The highest BCUT2D eigenvalue weighted by Gasteiger charge is 2.00. The molecular formula is C12H14FNO2. The van der Waals surface area contributed by atoms with Gasteiger partial charge in [0.2, 0.25) is 0 Å².